The van der Waals surface area contributed by atoms with Crippen LogP contribution in [0.4, 0.5) is 0 Å². The van der Waals surface area contributed by atoms with Crippen molar-refractivity contribution in [1.82, 2.24) is 0 Å². The Balaban J connectivity index is 2.03. The molecule has 28 heavy (non-hydrogen) atoms. The molecule has 0 saturated carbocycles. The van der Waals surface area contributed by atoms with E-state index in [4.69, 9.17) is 18.6 Å². The molecule has 0 spiro atoms. The van der Waals surface area contributed by atoms with E-state index in [0.717, 1.165) is 5.56 Å². The second-order valence-electron chi connectivity index (χ2n) is 6.25. The quantitative estimate of drug-likeness (QED) is 0.599. The van der Waals surface area contributed by atoms with Crippen molar-refractivity contribution in [3.05, 3.63) is 57.9 Å². The molecule has 0 bridgehead atoms. The van der Waals surface area contributed by atoms with Crippen molar-refractivity contribution in [1.29, 1.82) is 0 Å². The molecule has 0 N–H and O–H groups in total. The van der Waals surface area contributed by atoms with Crippen LogP contribution in [0, 0.1) is 13.8 Å². The molecule has 0 atom stereocenters. The molecular formula is C22H22O6. The van der Waals surface area contributed by atoms with E-state index in [1.54, 1.807) is 52.1 Å². The van der Waals surface area contributed by atoms with E-state index in [-0.39, 0.29) is 12.0 Å². The summed E-state index contributed by atoms with van der Waals surface area (Å²) in [7, 11) is 1.59. The Morgan fingerprint density at radius 2 is 1.79 bits per heavy atom. The Hall–Kier alpha value is -3.28. The highest BCUT2D eigenvalue weighted by atomic mass is 16.6. The summed E-state index contributed by atoms with van der Waals surface area (Å²) in [5, 5.41) is 0.456. The molecular weight excluding hydrogens is 360 g/mol. The smallest absolute Gasteiger partial charge is 0.344 e. The van der Waals surface area contributed by atoms with E-state index in [9.17, 15) is 9.59 Å². The molecule has 0 amide bonds. The molecule has 0 aliphatic heterocycles. The van der Waals surface area contributed by atoms with Gasteiger partial charge in [-0.3, -0.25) is 4.79 Å². The van der Waals surface area contributed by atoms with Gasteiger partial charge in [-0.05, 0) is 50.6 Å². The van der Waals surface area contributed by atoms with Gasteiger partial charge in [-0.1, -0.05) is 12.1 Å². The molecule has 146 valence electrons. The van der Waals surface area contributed by atoms with Gasteiger partial charge < -0.3 is 18.6 Å². The minimum absolute atomic E-state index is 0.121. The molecule has 0 aliphatic carbocycles. The first-order chi connectivity index (χ1) is 13.5. The van der Waals surface area contributed by atoms with E-state index in [1.807, 2.05) is 12.1 Å². The van der Waals surface area contributed by atoms with Crippen LogP contribution in [0.15, 0.2) is 45.6 Å². The van der Waals surface area contributed by atoms with Gasteiger partial charge in [-0.25, -0.2) is 4.79 Å². The minimum atomic E-state index is -0.450. The average molecular weight is 382 g/mol. The summed E-state index contributed by atoms with van der Waals surface area (Å²) in [6.45, 7) is 5.37. The van der Waals surface area contributed by atoms with Gasteiger partial charge in [0, 0.05) is 5.56 Å². The number of hydrogen-bond donors (Lipinski definition) is 0. The minimum Gasteiger partial charge on any atom is -0.497 e. The fourth-order valence-electron chi connectivity index (χ4n) is 3.07. The van der Waals surface area contributed by atoms with Crippen molar-refractivity contribution >= 4 is 16.9 Å². The van der Waals surface area contributed by atoms with Gasteiger partial charge in [0.25, 0.3) is 0 Å². The second-order valence-corrected chi connectivity index (χ2v) is 6.25. The van der Waals surface area contributed by atoms with Gasteiger partial charge in [-0.2, -0.15) is 0 Å². The van der Waals surface area contributed by atoms with Gasteiger partial charge >= 0.3 is 5.97 Å². The summed E-state index contributed by atoms with van der Waals surface area (Å²) in [5.74, 6) is 1.24. The predicted octanol–water partition coefficient (Wildman–Crippen LogP) is 4.03. The lowest BCUT2D eigenvalue weighted by Gasteiger charge is -2.12. The number of benzene rings is 2. The van der Waals surface area contributed by atoms with Gasteiger partial charge in [-0.15, -0.1) is 0 Å². The molecule has 0 aliphatic rings. The Morgan fingerprint density at radius 1 is 1.07 bits per heavy atom. The van der Waals surface area contributed by atoms with Crippen LogP contribution >= 0.6 is 0 Å². The van der Waals surface area contributed by atoms with Crippen molar-refractivity contribution in [2.24, 2.45) is 0 Å². The van der Waals surface area contributed by atoms with Crippen LogP contribution in [0.3, 0.4) is 0 Å². The summed E-state index contributed by atoms with van der Waals surface area (Å²) in [6, 6.07) is 10.6. The highest BCUT2D eigenvalue weighted by Crippen LogP contribution is 2.30. The van der Waals surface area contributed by atoms with E-state index in [1.165, 1.54) is 0 Å². The SMILES string of the molecule is CCOC(=O)COc1ccc2c(=O)c(-c3ccc(OC)cc3)c(C)oc2c1C. The second kappa shape index (κ2) is 8.17. The fourth-order valence-corrected chi connectivity index (χ4v) is 3.07. The van der Waals surface area contributed by atoms with E-state index >= 15 is 0 Å². The zero-order chi connectivity index (χ0) is 20.3. The van der Waals surface area contributed by atoms with Crippen molar-refractivity contribution in [3.8, 4) is 22.6 Å². The van der Waals surface area contributed by atoms with E-state index in [0.29, 0.717) is 46.0 Å². The normalized spacial score (nSPS) is 10.7. The molecule has 6 heteroatoms. The van der Waals surface area contributed by atoms with Gasteiger partial charge in [0.1, 0.15) is 22.8 Å². The summed E-state index contributed by atoms with van der Waals surface area (Å²) < 4.78 is 21.5. The van der Waals surface area contributed by atoms with Crippen molar-refractivity contribution in [2.45, 2.75) is 20.8 Å². The third kappa shape index (κ3) is 3.71. The van der Waals surface area contributed by atoms with Gasteiger partial charge in [0.05, 0.1) is 24.7 Å². The van der Waals surface area contributed by atoms with Crippen LogP contribution in [0.2, 0.25) is 0 Å². The maximum Gasteiger partial charge on any atom is 0.344 e. The van der Waals surface area contributed by atoms with Crippen molar-refractivity contribution < 1.29 is 23.4 Å². The van der Waals surface area contributed by atoms with Crippen molar-refractivity contribution in [2.75, 3.05) is 20.3 Å². The first kappa shape index (κ1) is 19.5. The lowest BCUT2D eigenvalue weighted by atomic mass is 10.0. The van der Waals surface area contributed by atoms with Crippen LogP contribution < -0.4 is 14.9 Å². The van der Waals surface area contributed by atoms with Gasteiger partial charge in [0.2, 0.25) is 5.43 Å². The molecule has 1 aromatic heterocycles. The lowest BCUT2D eigenvalue weighted by Crippen LogP contribution is -2.15. The molecule has 6 nitrogen and oxygen atoms in total. The standard InChI is InChI=1S/C22H22O6/c1-5-26-19(23)12-27-18-11-10-17-21(24)20(14(3)28-22(17)13(18)2)15-6-8-16(25-4)9-7-15/h6-11H,5,12H2,1-4H3. The highest BCUT2D eigenvalue weighted by Gasteiger charge is 2.17. The molecule has 2 aromatic carbocycles. The first-order valence-corrected chi connectivity index (χ1v) is 8.96. The van der Waals surface area contributed by atoms with Gasteiger partial charge in [0.15, 0.2) is 6.61 Å². The number of ether oxygens (including phenoxy) is 3. The average Bonchev–Trinajstić information content (AvgIpc) is 2.69. The van der Waals surface area contributed by atoms with Crippen LogP contribution in [0.25, 0.3) is 22.1 Å². The monoisotopic (exact) mass is 382 g/mol. The zero-order valence-corrected chi connectivity index (χ0v) is 16.3. The summed E-state index contributed by atoms with van der Waals surface area (Å²) in [4.78, 5) is 24.6. The number of fused-ring (bicyclic) bond motifs is 1. The topological polar surface area (TPSA) is 75.0 Å². The molecule has 0 fully saturated rings. The largest absolute Gasteiger partial charge is 0.497 e. The Morgan fingerprint density at radius 3 is 2.43 bits per heavy atom. The summed E-state index contributed by atoms with van der Waals surface area (Å²) >= 11 is 0. The van der Waals surface area contributed by atoms with E-state index in [2.05, 4.69) is 0 Å². The fraction of sp³-hybridized carbons (Fsp3) is 0.273. The Kier molecular flexibility index (Phi) is 5.68. The Bertz CT molecular complexity index is 1060. The number of aryl methyl sites for hydroxylation is 2. The van der Waals surface area contributed by atoms with Crippen LogP contribution in [-0.4, -0.2) is 26.3 Å². The zero-order valence-electron chi connectivity index (χ0n) is 16.3. The third-order valence-electron chi connectivity index (χ3n) is 4.46. The number of carbonyl (C=O) groups is 1. The number of carbonyl (C=O) groups excluding carboxylic acids is 1. The highest BCUT2D eigenvalue weighted by molar-refractivity contribution is 5.86. The number of methoxy groups -OCH3 is 1. The number of esters is 1. The van der Waals surface area contributed by atoms with Crippen LogP contribution in [0.5, 0.6) is 11.5 Å². The van der Waals surface area contributed by atoms with Crippen LogP contribution in [-0.2, 0) is 9.53 Å². The Labute approximate surface area is 162 Å². The summed E-state index contributed by atoms with van der Waals surface area (Å²) in [5.41, 5.74) is 2.25. The lowest BCUT2D eigenvalue weighted by molar-refractivity contribution is -0.145. The third-order valence-corrected chi connectivity index (χ3v) is 4.46. The molecule has 3 rings (SSSR count). The van der Waals surface area contributed by atoms with Crippen LogP contribution in [0.1, 0.15) is 18.2 Å². The maximum atomic E-state index is 13.1. The maximum absolute atomic E-state index is 13.1. The predicted molar refractivity (Wildman–Crippen MR) is 106 cm³/mol. The molecule has 1 heterocycles. The number of hydrogen-bond acceptors (Lipinski definition) is 6. The van der Waals surface area contributed by atoms with E-state index < -0.39 is 5.97 Å². The summed E-state index contributed by atoms with van der Waals surface area (Å²) in [6.07, 6.45) is 0. The first-order valence-electron chi connectivity index (χ1n) is 8.96. The molecule has 0 unspecified atom stereocenters. The van der Waals surface area contributed by atoms with Crippen molar-refractivity contribution in [3.63, 3.8) is 0 Å². The molecule has 0 radical (unpaired) electrons. The molecule has 3 aromatic rings. The molecule has 0 saturated heterocycles. The number of rotatable bonds is 6.